The van der Waals surface area contributed by atoms with E-state index < -0.39 is 46.5 Å². The number of ether oxygens (including phenoxy) is 2. The Hall–Kier alpha value is -4.63. The van der Waals surface area contributed by atoms with Crippen LogP contribution >= 0.6 is 0 Å². The lowest BCUT2D eigenvalue weighted by molar-refractivity contribution is -0.197. The molecule has 0 radical (unpaired) electrons. The summed E-state index contributed by atoms with van der Waals surface area (Å²) in [6, 6.07) is 5.62. The second kappa shape index (κ2) is 20.4. The van der Waals surface area contributed by atoms with Crippen molar-refractivity contribution in [1.29, 1.82) is 0 Å². The molecule has 79 heavy (non-hydrogen) atoms. The Labute approximate surface area is 468 Å². The largest absolute Gasteiger partial charge is 0.459 e. The van der Waals surface area contributed by atoms with Crippen LogP contribution in [0.3, 0.4) is 0 Å². The third-order valence-electron chi connectivity index (χ3n) is 22.9. The monoisotopic (exact) mass is 1080 g/mol. The number of rotatable bonds is 9. The highest BCUT2D eigenvalue weighted by atomic mass is 16.7. The van der Waals surface area contributed by atoms with Crippen LogP contribution in [0.1, 0.15) is 175 Å². The molecule has 6 heterocycles. The summed E-state index contributed by atoms with van der Waals surface area (Å²) >= 11 is 0. The first-order valence-corrected chi connectivity index (χ1v) is 30.9. The van der Waals surface area contributed by atoms with Gasteiger partial charge in [0.2, 0.25) is 5.78 Å². The zero-order valence-corrected chi connectivity index (χ0v) is 47.5. The summed E-state index contributed by atoms with van der Waals surface area (Å²) in [5.41, 5.74) is 10.7. The van der Waals surface area contributed by atoms with E-state index in [1.807, 2.05) is 26.1 Å². The van der Waals surface area contributed by atoms with Crippen LogP contribution in [-0.4, -0.2) is 95.8 Å². The average Bonchev–Trinajstić information content (AvgIpc) is 2.52. The number of carbonyl (C=O) groups is 3. The number of hydrogen-bond donors (Lipinski definition) is 8. The highest BCUT2D eigenvalue weighted by molar-refractivity contribution is 6.33. The topological polar surface area (TPSA) is 200 Å². The SMILES string of the molecule is CCN[C@@]12C=C3C=CC[C@H]4CCCC[C@]5(C)CC6=CNC(N)C(=C6)CC[C@H]6[C@H](C1)[C@H](C[C@H](O)C61CCCC1)[C@H](OC(=O)[C@]16O[C@@]1(C/C(CO)=C(\C)CCC1=CCNC7=C1CC[C@H](NC)N7)C(=O)c1cccc(c1C6=O)C5)[C@@H]2C[C@@H]34. The van der Waals surface area contributed by atoms with Crippen molar-refractivity contribution in [2.24, 2.45) is 52.1 Å². The summed E-state index contributed by atoms with van der Waals surface area (Å²) in [5.74, 6) is -0.147. The molecule has 14 atom stereocenters. The Morgan fingerprint density at radius 1 is 0.975 bits per heavy atom. The molecular weight excluding hydrogens is 989 g/mol. The second-order valence-corrected chi connectivity index (χ2v) is 27.1. The second-order valence-electron chi connectivity index (χ2n) is 27.1. The quantitative estimate of drug-likeness (QED) is 0.0506. The van der Waals surface area contributed by atoms with E-state index in [-0.39, 0.29) is 76.9 Å². The van der Waals surface area contributed by atoms with E-state index in [4.69, 9.17) is 15.2 Å². The Balaban J connectivity index is 0.970. The van der Waals surface area contributed by atoms with Crippen molar-refractivity contribution in [1.82, 2.24) is 26.6 Å². The van der Waals surface area contributed by atoms with Gasteiger partial charge >= 0.3 is 5.97 Å². The van der Waals surface area contributed by atoms with Gasteiger partial charge in [-0.05, 0) is 197 Å². The number of aliphatic hydroxyl groups excluding tert-OH is 2. The van der Waals surface area contributed by atoms with Crippen molar-refractivity contribution in [2.75, 3.05) is 26.7 Å². The summed E-state index contributed by atoms with van der Waals surface area (Å²) < 4.78 is 14.3. The van der Waals surface area contributed by atoms with Gasteiger partial charge in [0, 0.05) is 47.7 Å². The number of Topliss-reactive ketones (excluding diaryl/α,β-unsaturated/α-hetero) is 2. The van der Waals surface area contributed by atoms with Gasteiger partial charge in [-0.2, -0.15) is 0 Å². The number of likely N-dealkylation sites (N-methyl/N-ethyl adjacent to an activating group) is 1. The number of allylic oxidation sites excluding steroid dienone is 8. The minimum atomic E-state index is -2.26. The van der Waals surface area contributed by atoms with Gasteiger partial charge < -0.3 is 52.0 Å². The average molecular weight is 1080 g/mol. The van der Waals surface area contributed by atoms with Crippen LogP contribution in [0.4, 0.5) is 0 Å². The summed E-state index contributed by atoms with van der Waals surface area (Å²) in [5, 5.41) is 42.6. The number of carbonyl (C=O) groups excluding carboxylic acids is 3. The van der Waals surface area contributed by atoms with Crippen LogP contribution in [0, 0.1) is 46.3 Å². The summed E-state index contributed by atoms with van der Waals surface area (Å²) in [7, 11) is 1.97. The molecule has 13 heteroatoms. The van der Waals surface area contributed by atoms with Crippen molar-refractivity contribution in [2.45, 2.75) is 197 Å². The fourth-order valence-electron chi connectivity index (χ4n) is 19.0. The van der Waals surface area contributed by atoms with Gasteiger partial charge in [0.05, 0.1) is 25.0 Å². The molecule has 2 spiro atoms. The summed E-state index contributed by atoms with van der Waals surface area (Å²) in [4.78, 5) is 48.8. The maximum Gasteiger partial charge on any atom is 0.350 e. The highest BCUT2D eigenvalue weighted by Crippen LogP contribution is 2.66. The zero-order valence-electron chi connectivity index (χ0n) is 47.5. The van der Waals surface area contributed by atoms with Gasteiger partial charge in [0.15, 0.2) is 11.4 Å². The van der Waals surface area contributed by atoms with E-state index in [0.717, 1.165) is 133 Å². The Kier molecular flexibility index (Phi) is 13.8. The molecule has 4 fully saturated rings. The van der Waals surface area contributed by atoms with Crippen LogP contribution in [-0.2, 0) is 20.7 Å². The molecule has 6 aliphatic heterocycles. The van der Waals surface area contributed by atoms with Crippen LogP contribution < -0.4 is 32.3 Å². The van der Waals surface area contributed by atoms with E-state index in [1.54, 1.807) is 6.07 Å². The minimum Gasteiger partial charge on any atom is -0.459 e. The summed E-state index contributed by atoms with van der Waals surface area (Å²) in [6.07, 6.45) is 30.0. The number of nitrogens with one attached hydrogen (secondary N) is 5. The van der Waals surface area contributed by atoms with E-state index in [2.05, 4.69) is 77.0 Å². The van der Waals surface area contributed by atoms with Crippen molar-refractivity contribution in [3.63, 3.8) is 0 Å². The normalized spacial score (nSPS) is 40.1. The number of nitrogens with two attached hydrogens (primary N) is 1. The first kappa shape index (κ1) is 53.7. The number of fused-ring (bicyclic) bond motifs is 4. The summed E-state index contributed by atoms with van der Waals surface area (Å²) in [6.45, 7) is 7.60. The highest BCUT2D eigenvalue weighted by Gasteiger charge is 2.86. The molecule has 1 aromatic rings. The fourth-order valence-corrected chi connectivity index (χ4v) is 19.0. The Morgan fingerprint density at radius 2 is 1.81 bits per heavy atom. The predicted molar refractivity (Wildman–Crippen MR) is 305 cm³/mol. The standard InChI is InChI=1S/C66H88N6O7/c1-5-71-64-33-43-14-10-13-40-12-6-7-24-62(3)31-39-28-42(59(67)70-36-39)19-21-51-50(35-64)49(30-53(74)63(51)25-8-9-26-63)56(52(64)29-48(40)43)78-61(77)66-58(76)55-44(32-62)15-11-16-47(55)57(75)65(66,79-66)34-45(37-73)38(2)17-18-41-23-27-69-60-46(41)20-22-54(68-4)72-60/h10-11,14-16,23,28,33,36,40,48-54,56,59,68-74H,5-9,12-13,17-22,24-27,29-32,34-35,37,67H2,1-4H3/b45-38-/t40-,48-,49+,50-,51+,52+,53+,54-,56+,59?,62-,64+,65+,66+/m1/s1. The minimum absolute atomic E-state index is 0.0695. The molecule has 13 nitrogen and oxygen atoms in total. The molecule has 1 aromatic carbocycles. The van der Waals surface area contributed by atoms with Gasteiger partial charge in [-0.3, -0.25) is 9.59 Å². The van der Waals surface area contributed by atoms with Crippen LogP contribution in [0.5, 0.6) is 0 Å². The number of aliphatic hydroxyl groups is 2. The third-order valence-corrected chi connectivity index (χ3v) is 22.9. The first-order valence-electron chi connectivity index (χ1n) is 30.9. The van der Waals surface area contributed by atoms with Crippen molar-refractivity contribution in [3.8, 4) is 0 Å². The molecular formula is C66H88N6O7. The first-order chi connectivity index (χ1) is 38.2. The van der Waals surface area contributed by atoms with E-state index in [1.165, 1.54) is 27.9 Å². The molecule has 3 saturated carbocycles. The molecule has 9 N–H and O–H groups in total. The molecule has 0 amide bonds. The van der Waals surface area contributed by atoms with Crippen LogP contribution in [0.25, 0.3) is 0 Å². The number of esters is 1. The molecule has 424 valence electrons. The predicted octanol–water partition coefficient (Wildman–Crippen LogP) is 8.70. The Bertz CT molecular complexity index is 2910. The van der Waals surface area contributed by atoms with E-state index >= 15 is 14.4 Å². The number of ketones is 2. The molecule has 0 aromatic heterocycles. The van der Waals surface area contributed by atoms with Gasteiger partial charge in [-0.25, -0.2) is 4.79 Å². The molecule has 6 aliphatic carbocycles. The van der Waals surface area contributed by atoms with Crippen LogP contribution in [0.2, 0.25) is 0 Å². The number of hydrogen-bond acceptors (Lipinski definition) is 13. The lowest BCUT2D eigenvalue weighted by Gasteiger charge is -2.63. The van der Waals surface area contributed by atoms with Crippen molar-refractivity contribution in [3.05, 3.63) is 116 Å². The van der Waals surface area contributed by atoms with Crippen LogP contribution in [0.15, 0.2) is 99.6 Å². The fraction of sp³-hybridized carbons (Fsp3) is 0.652. The van der Waals surface area contributed by atoms with Crippen molar-refractivity contribution >= 4 is 17.5 Å². The molecule has 13 rings (SSSR count). The van der Waals surface area contributed by atoms with Gasteiger partial charge in [-0.1, -0.05) is 93.7 Å². The number of benzene rings is 1. The van der Waals surface area contributed by atoms with Gasteiger partial charge in [0.1, 0.15) is 11.9 Å². The number of epoxide rings is 1. The smallest absolute Gasteiger partial charge is 0.350 e. The Morgan fingerprint density at radius 3 is 2.62 bits per heavy atom. The molecule has 1 saturated heterocycles. The zero-order chi connectivity index (χ0) is 54.6. The maximum absolute atomic E-state index is 16.5. The van der Waals surface area contributed by atoms with E-state index in [0.29, 0.717) is 37.3 Å². The van der Waals surface area contributed by atoms with Gasteiger partial charge in [0.25, 0.3) is 5.60 Å². The molecule has 11 bridgehead atoms. The lowest BCUT2D eigenvalue weighted by atomic mass is 9.45. The van der Waals surface area contributed by atoms with Crippen molar-refractivity contribution < 1.29 is 34.1 Å². The third kappa shape index (κ3) is 8.61. The maximum atomic E-state index is 16.5. The molecule has 12 aliphatic rings. The molecule has 1 unspecified atom stereocenters. The van der Waals surface area contributed by atoms with Gasteiger partial charge in [-0.15, -0.1) is 0 Å². The lowest BCUT2D eigenvalue weighted by Crippen LogP contribution is -2.68. The van der Waals surface area contributed by atoms with E-state index in [9.17, 15) is 10.2 Å². The number of dihydropyridines is 2.